The minimum Gasteiger partial charge on any atom is -0.479 e. The third-order valence-electron chi connectivity index (χ3n) is 3.81. The maximum absolute atomic E-state index is 12.5. The van der Waals surface area contributed by atoms with Gasteiger partial charge in [0.15, 0.2) is 0 Å². The lowest BCUT2D eigenvalue weighted by atomic mass is 9.93. The van der Waals surface area contributed by atoms with Gasteiger partial charge in [0.05, 0.1) is 5.02 Å². The number of likely N-dealkylation sites (tertiary alicyclic amines) is 1. The van der Waals surface area contributed by atoms with Gasteiger partial charge in [-0.25, -0.2) is 4.79 Å². The number of halogens is 1. The predicted octanol–water partition coefficient (Wildman–Crippen LogP) is 3.18. The van der Waals surface area contributed by atoms with Crippen LogP contribution in [0, 0.1) is 6.92 Å². The van der Waals surface area contributed by atoms with E-state index in [1.54, 1.807) is 6.92 Å². The molecule has 0 spiro atoms. The topological polar surface area (TPSA) is 57.6 Å². The first-order valence-electron chi connectivity index (χ1n) is 6.23. The second-order valence-electron chi connectivity index (χ2n) is 4.81. The Morgan fingerprint density at radius 1 is 1.58 bits per heavy atom. The Labute approximate surface area is 121 Å². The normalized spacial score (nSPS) is 22.8. The molecule has 1 amide bonds. The Balaban J connectivity index is 2.38. The molecule has 6 heteroatoms. The highest BCUT2D eigenvalue weighted by Crippen LogP contribution is 2.37. The van der Waals surface area contributed by atoms with Crippen LogP contribution in [0.1, 0.15) is 41.4 Å². The van der Waals surface area contributed by atoms with E-state index in [0.717, 1.165) is 5.56 Å². The number of amides is 1. The Bertz CT molecular complexity index is 528. The molecule has 1 N–H and O–H groups in total. The molecule has 1 fully saturated rings. The van der Waals surface area contributed by atoms with Crippen LogP contribution >= 0.6 is 22.9 Å². The molecular formula is C13H16ClNO3S. The third-order valence-corrected chi connectivity index (χ3v) is 5.50. The van der Waals surface area contributed by atoms with Crippen LogP contribution in [0.4, 0.5) is 0 Å². The number of hydrogen-bond donors (Lipinski definition) is 1. The summed E-state index contributed by atoms with van der Waals surface area (Å²) in [7, 11) is 0. The van der Waals surface area contributed by atoms with Crippen LogP contribution in [-0.4, -0.2) is 34.0 Å². The van der Waals surface area contributed by atoms with E-state index in [2.05, 4.69) is 0 Å². The van der Waals surface area contributed by atoms with Crippen molar-refractivity contribution in [1.29, 1.82) is 0 Å². The lowest BCUT2D eigenvalue weighted by Crippen LogP contribution is -2.52. The standard InChI is InChI=1S/C13H16ClNO3S/c1-3-13(12(17)18)5-4-6-15(13)11(16)10-9(14)8(2)7-19-10/h7H,3-6H2,1-2H3,(H,17,18). The van der Waals surface area contributed by atoms with Crippen LogP contribution in [0.3, 0.4) is 0 Å². The van der Waals surface area contributed by atoms with E-state index in [1.807, 2.05) is 12.3 Å². The lowest BCUT2D eigenvalue weighted by molar-refractivity contribution is -0.148. The summed E-state index contributed by atoms with van der Waals surface area (Å²) < 4.78 is 0. The Kier molecular flexibility index (Phi) is 3.87. The van der Waals surface area contributed by atoms with Gasteiger partial charge in [0.25, 0.3) is 5.91 Å². The minimum absolute atomic E-state index is 0.259. The fraction of sp³-hybridized carbons (Fsp3) is 0.538. The van der Waals surface area contributed by atoms with Gasteiger partial charge in [0.1, 0.15) is 10.4 Å². The number of aliphatic carboxylic acids is 1. The molecular weight excluding hydrogens is 286 g/mol. The van der Waals surface area contributed by atoms with Gasteiger partial charge >= 0.3 is 5.97 Å². The van der Waals surface area contributed by atoms with Crippen LogP contribution in [0.2, 0.25) is 5.02 Å². The first-order valence-corrected chi connectivity index (χ1v) is 7.48. The zero-order chi connectivity index (χ0) is 14.2. The van der Waals surface area contributed by atoms with Gasteiger partial charge in [-0.2, -0.15) is 0 Å². The molecule has 4 nitrogen and oxygen atoms in total. The van der Waals surface area contributed by atoms with Crippen molar-refractivity contribution in [2.24, 2.45) is 0 Å². The van der Waals surface area contributed by atoms with Gasteiger partial charge in [-0.1, -0.05) is 18.5 Å². The predicted molar refractivity (Wildman–Crippen MR) is 75.0 cm³/mol. The van der Waals surface area contributed by atoms with E-state index < -0.39 is 11.5 Å². The molecule has 0 saturated carbocycles. The SMILES string of the molecule is CCC1(C(=O)O)CCCN1C(=O)c1scc(C)c1Cl. The summed E-state index contributed by atoms with van der Waals surface area (Å²) in [5.41, 5.74) is -0.218. The average Bonchev–Trinajstić information content (AvgIpc) is 2.95. The quantitative estimate of drug-likeness (QED) is 0.933. The summed E-state index contributed by atoms with van der Waals surface area (Å²) in [6.45, 7) is 4.12. The molecule has 1 aromatic rings. The second-order valence-corrected chi connectivity index (χ2v) is 6.07. The van der Waals surface area contributed by atoms with E-state index in [0.29, 0.717) is 35.7 Å². The van der Waals surface area contributed by atoms with Crippen molar-refractivity contribution in [3.63, 3.8) is 0 Å². The zero-order valence-electron chi connectivity index (χ0n) is 10.9. The highest BCUT2D eigenvalue weighted by molar-refractivity contribution is 7.13. The van der Waals surface area contributed by atoms with E-state index in [4.69, 9.17) is 11.6 Å². The summed E-state index contributed by atoms with van der Waals surface area (Å²) in [5, 5.41) is 11.7. The summed E-state index contributed by atoms with van der Waals surface area (Å²) in [6, 6.07) is 0. The average molecular weight is 302 g/mol. The van der Waals surface area contributed by atoms with Crippen LogP contribution in [0.25, 0.3) is 0 Å². The van der Waals surface area contributed by atoms with Crippen LogP contribution in [0.15, 0.2) is 5.38 Å². The Hall–Kier alpha value is -1.07. The molecule has 1 aliphatic rings. The number of carbonyl (C=O) groups is 2. The van der Waals surface area contributed by atoms with Crippen molar-refractivity contribution in [3.05, 3.63) is 20.8 Å². The van der Waals surface area contributed by atoms with Crippen molar-refractivity contribution in [1.82, 2.24) is 4.90 Å². The third kappa shape index (κ3) is 2.15. The van der Waals surface area contributed by atoms with Crippen molar-refractivity contribution >= 4 is 34.8 Å². The summed E-state index contributed by atoms with van der Waals surface area (Å²) in [6.07, 6.45) is 1.64. The Morgan fingerprint density at radius 2 is 2.26 bits per heavy atom. The van der Waals surface area contributed by atoms with Gasteiger partial charge < -0.3 is 10.0 Å². The molecule has 19 heavy (non-hydrogen) atoms. The number of carboxylic acid groups (broad SMARTS) is 1. The van der Waals surface area contributed by atoms with E-state index in [-0.39, 0.29) is 5.91 Å². The molecule has 1 aromatic heterocycles. The zero-order valence-corrected chi connectivity index (χ0v) is 12.5. The number of nitrogens with zero attached hydrogens (tertiary/aromatic N) is 1. The van der Waals surface area contributed by atoms with Gasteiger partial charge in [0.2, 0.25) is 0 Å². The molecule has 0 bridgehead atoms. The maximum Gasteiger partial charge on any atom is 0.329 e. The number of hydrogen-bond acceptors (Lipinski definition) is 3. The highest BCUT2D eigenvalue weighted by Gasteiger charge is 2.49. The first-order chi connectivity index (χ1) is 8.94. The number of carboxylic acids is 1. The monoisotopic (exact) mass is 301 g/mol. The maximum atomic E-state index is 12.5. The number of aryl methyl sites for hydroxylation is 1. The molecule has 1 saturated heterocycles. The Morgan fingerprint density at radius 3 is 2.74 bits per heavy atom. The number of carbonyl (C=O) groups excluding carboxylic acids is 1. The largest absolute Gasteiger partial charge is 0.479 e. The highest BCUT2D eigenvalue weighted by atomic mass is 35.5. The summed E-state index contributed by atoms with van der Waals surface area (Å²) >= 11 is 7.39. The molecule has 0 aromatic carbocycles. The second kappa shape index (κ2) is 5.13. The first kappa shape index (κ1) is 14.3. The van der Waals surface area contributed by atoms with Gasteiger partial charge in [-0.15, -0.1) is 11.3 Å². The fourth-order valence-corrected chi connectivity index (χ4v) is 3.83. The van der Waals surface area contributed by atoms with Crippen LogP contribution in [0.5, 0.6) is 0 Å². The molecule has 0 aliphatic carbocycles. The molecule has 2 rings (SSSR count). The minimum atomic E-state index is -1.07. The van der Waals surface area contributed by atoms with Crippen molar-refractivity contribution < 1.29 is 14.7 Å². The molecule has 1 atom stereocenters. The summed E-state index contributed by atoms with van der Waals surface area (Å²) in [5.74, 6) is -1.19. The molecule has 2 heterocycles. The van der Waals surface area contributed by atoms with Crippen molar-refractivity contribution in [2.75, 3.05) is 6.54 Å². The molecule has 1 aliphatic heterocycles. The van der Waals surface area contributed by atoms with Crippen molar-refractivity contribution in [2.45, 2.75) is 38.6 Å². The molecule has 0 radical (unpaired) electrons. The number of rotatable bonds is 3. The van der Waals surface area contributed by atoms with Crippen LogP contribution < -0.4 is 0 Å². The van der Waals surface area contributed by atoms with Crippen LogP contribution in [-0.2, 0) is 4.79 Å². The van der Waals surface area contributed by atoms with Gasteiger partial charge in [-0.3, -0.25) is 4.79 Å². The van der Waals surface area contributed by atoms with Crippen molar-refractivity contribution in [3.8, 4) is 0 Å². The lowest BCUT2D eigenvalue weighted by Gasteiger charge is -2.33. The smallest absolute Gasteiger partial charge is 0.329 e. The van der Waals surface area contributed by atoms with E-state index >= 15 is 0 Å². The number of thiophene rings is 1. The molecule has 104 valence electrons. The van der Waals surface area contributed by atoms with E-state index in [1.165, 1.54) is 16.2 Å². The van der Waals surface area contributed by atoms with Gasteiger partial charge in [-0.05, 0) is 37.1 Å². The summed E-state index contributed by atoms with van der Waals surface area (Å²) in [4.78, 5) is 26.0. The van der Waals surface area contributed by atoms with Gasteiger partial charge in [0, 0.05) is 6.54 Å². The molecule has 1 unspecified atom stereocenters. The fourth-order valence-electron chi connectivity index (χ4n) is 2.61. The van der Waals surface area contributed by atoms with E-state index in [9.17, 15) is 14.7 Å².